The molecule has 0 aliphatic carbocycles. The Balaban J connectivity index is 2.03. The normalized spacial score (nSPS) is 13.0. The lowest BCUT2D eigenvalue weighted by molar-refractivity contribution is 0.102. The van der Waals surface area contributed by atoms with Gasteiger partial charge < -0.3 is 24.8 Å². The number of ketones is 1. The molecule has 1 aliphatic rings. The minimum atomic E-state index is -0.0327. The second kappa shape index (κ2) is 7.84. The molecule has 1 heterocycles. The maximum Gasteiger partial charge on any atom is 0.231 e. The third-order valence-electron chi connectivity index (χ3n) is 4.66. The van der Waals surface area contributed by atoms with Gasteiger partial charge in [-0.2, -0.15) is 0 Å². The number of carbonyl (C=O) groups is 1. The monoisotopic (exact) mass is 382 g/mol. The van der Waals surface area contributed by atoms with Crippen molar-refractivity contribution < 1.29 is 19.0 Å². The van der Waals surface area contributed by atoms with Gasteiger partial charge in [-0.05, 0) is 47.9 Å². The smallest absolute Gasteiger partial charge is 0.231 e. The molecular weight excluding hydrogens is 356 g/mol. The fourth-order valence-corrected chi connectivity index (χ4v) is 3.15. The first kappa shape index (κ1) is 19.6. The minimum Gasteiger partial charge on any atom is -0.493 e. The van der Waals surface area contributed by atoms with E-state index in [1.54, 1.807) is 19.2 Å². The van der Waals surface area contributed by atoms with E-state index >= 15 is 0 Å². The molecule has 0 bridgehead atoms. The van der Waals surface area contributed by atoms with Gasteiger partial charge in [-0.3, -0.25) is 4.79 Å². The molecule has 2 aromatic rings. The molecule has 148 valence electrons. The maximum absolute atomic E-state index is 13.3. The summed E-state index contributed by atoms with van der Waals surface area (Å²) in [5.74, 6) is 1.79. The predicted octanol–water partition coefficient (Wildman–Crippen LogP) is 3.99. The Kier molecular flexibility index (Phi) is 5.49. The zero-order valence-electron chi connectivity index (χ0n) is 16.9. The van der Waals surface area contributed by atoms with Gasteiger partial charge in [-0.15, -0.1) is 0 Å². The van der Waals surface area contributed by atoms with Crippen LogP contribution in [-0.4, -0.2) is 33.8 Å². The summed E-state index contributed by atoms with van der Waals surface area (Å²) in [5, 5.41) is 0. The number of methoxy groups -OCH3 is 1. The van der Waals surface area contributed by atoms with Crippen LogP contribution in [0.1, 0.15) is 29.8 Å². The van der Waals surface area contributed by atoms with E-state index in [2.05, 4.69) is 0 Å². The van der Waals surface area contributed by atoms with Crippen molar-refractivity contribution >= 4 is 23.2 Å². The summed E-state index contributed by atoms with van der Waals surface area (Å²) in [5.41, 5.74) is 9.59. The quantitative estimate of drug-likeness (QED) is 0.463. The van der Waals surface area contributed by atoms with Crippen LogP contribution in [0.15, 0.2) is 35.9 Å². The summed E-state index contributed by atoms with van der Waals surface area (Å²) in [4.78, 5) is 15.1. The number of nitrogen functional groups attached to an aromatic ring is 1. The van der Waals surface area contributed by atoms with Gasteiger partial charge in [0.2, 0.25) is 12.5 Å². The molecule has 3 rings (SSSR count). The van der Waals surface area contributed by atoms with Crippen molar-refractivity contribution in [3.8, 4) is 17.2 Å². The first-order chi connectivity index (χ1) is 13.3. The van der Waals surface area contributed by atoms with E-state index in [1.807, 2.05) is 57.1 Å². The number of hydrogen-bond donors (Lipinski definition) is 1. The van der Waals surface area contributed by atoms with Crippen LogP contribution < -0.4 is 24.8 Å². The molecule has 0 spiro atoms. The van der Waals surface area contributed by atoms with Crippen molar-refractivity contribution in [2.75, 3.05) is 38.6 Å². The summed E-state index contributed by atoms with van der Waals surface area (Å²) >= 11 is 0. The zero-order chi connectivity index (χ0) is 20.4. The van der Waals surface area contributed by atoms with Crippen LogP contribution in [0.2, 0.25) is 0 Å². The summed E-state index contributed by atoms with van der Waals surface area (Å²) in [6.07, 6.45) is 1.88. The molecule has 2 aromatic carbocycles. The molecule has 0 fully saturated rings. The molecule has 0 unspecified atom stereocenters. The number of benzene rings is 2. The first-order valence-electron chi connectivity index (χ1n) is 9.12. The largest absolute Gasteiger partial charge is 0.493 e. The number of nitrogens with zero attached hydrogens (tertiary/aromatic N) is 1. The molecular formula is C22H26N2O4. The van der Waals surface area contributed by atoms with Crippen LogP contribution in [0.4, 0.5) is 11.4 Å². The molecule has 6 heteroatoms. The first-order valence-corrected chi connectivity index (χ1v) is 9.12. The Hall–Kier alpha value is -3.15. The molecule has 0 radical (unpaired) electrons. The number of fused-ring (bicyclic) bond motifs is 1. The van der Waals surface area contributed by atoms with Crippen LogP contribution in [0.5, 0.6) is 17.2 Å². The second-order valence-corrected chi connectivity index (χ2v) is 7.21. The highest BCUT2D eigenvalue weighted by Gasteiger charge is 2.22. The molecule has 6 nitrogen and oxygen atoms in total. The Morgan fingerprint density at radius 2 is 1.96 bits per heavy atom. The highest BCUT2D eigenvalue weighted by Crippen LogP contribution is 2.42. The summed E-state index contributed by atoms with van der Waals surface area (Å²) in [6.45, 7) is 4.16. The average Bonchev–Trinajstić information content (AvgIpc) is 3.13. The summed E-state index contributed by atoms with van der Waals surface area (Å²) in [7, 11) is 5.38. The lowest BCUT2D eigenvalue weighted by atomic mass is 9.92. The number of rotatable bonds is 6. The van der Waals surface area contributed by atoms with Gasteiger partial charge in [0.05, 0.1) is 18.5 Å². The SMILES string of the molecule is COc1cc(/C=C(/C(=O)c2ccc(N)c(N(C)C)c2)C(C)C)cc2c1OCO2. The molecule has 28 heavy (non-hydrogen) atoms. The predicted molar refractivity (Wildman–Crippen MR) is 111 cm³/mol. The van der Waals surface area contributed by atoms with E-state index < -0.39 is 0 Å². The Morgan fingerprint density at radius 3 is 2.61 bits per heavy atom. The fraction of sp³-hybridized carbons (Fsp3) is 0.318. The molecule has 0 atom stereocenters. The molecule has 0 saturated carbocycles. The van der Waals surface area contributed by atoms with Crippen molar-refractivity contribution in [3.05, 3.63) is 47.0 Å². The van der Waals surface area contributed by atoms with Crippen molar-refractivity contribution in [1.82, 2.24) is 0 Å². The number of hydrogen-bond acceptors (Lipinski definition) is 6. The molecule has 0 amide bonds. The van der Waals surface area contributed by atoms with Crippen LogP contribution in [0.3, 0.4) is 0 Å². The van der Waals surface area contributed by atoms with Crippen LogP contribution in [0, 0.1) is 5.92 Å². The van der Waals surface area contributed by atoms with Crippen molar-refractivity contribution in [2.45, 2.75) is 13.8 Å². The second-order valence-electron chi connectivity index (χ2n) is 7.21. The molecule has 0 aromatic heterocycles. The standard InChI is InChI=1S/C22H26N2O4/c1-13(2)16(21(25)15-6-7-17(23)18(11-15)24(3)4)8-14-9-19(26-5)22-20(10-14)27-12-28-22/h6-11,13H,12,23H2,1-5H3/b16-8+. The molecule has 2 N–H and O–H groups in total. The van der Waals surface area contributed by atoms with E-state index in [4.69, 9.17) is 19.9 Å². The van der Waals surface area contributed by atoms with E-state index in [0.29, 0.717) is 34.1 Å². The van der Waals surface area contributed by atoms with Gasteiger partial charge >= 0.3 is 0 Å². The Bertz CT molecular complexity index is 932. The van der Waals surface area contributed by atoms with Gasteiger partial charge in [-0.1, -0.05) is 13.8 Å². The number of ether oxygens (including phenoxy) is 3. The van der Waals surface area contributed by atoms with E-state index in [1.165, 1.54) is 0 Å². The molecule has 1 aliphatic heterocycles. The number of nitrogens with two attached hydrogens (primary N) is 1. The van der Waals surface area contributed by atoms with Crippen molar-refractivity contribution in [2.24, 2.45) is 5.92 Å². The van der Waals surface area contributed by atoms with Gasteiger partial charge in [0.1, 0.15) is 0 Å². The zero-order valence-corrected chi connectivity index (χ0v) is 16.9. The van der Waals surface area contributed by atoms with E-state index in [9.17, 15) is 4.79 Å². The highest BCUT2D eigenvalue weighted by atomic mass is 16.7. The topological polar surface area (TPSA) is 74.0 Å². The number of Topliss-reactive ketones (excluding diaryl/α,β-unsaturated/α-hetero) is 1. The Labute approximate surface area is 165 Å². The van der Waals surface area contributed by atoms with Crippen LogP contribution in [0.25, 0.3) is 6.08 Å². The van der Waals surface area contributed by atoms with Crippen molar-refractivity contribution in [1.29, 1.82) is 0 Å². The maximum atomic E-state index is 13.3. The summed E-state index contributed by atoms with van der Waals surface area (Å²) < 4.78 is 16.3. The number of carbonyl (C=O) groups excluding carboxylic acids is 1. The van der Waals surface area contributed by atoms with Gasteiger partial charge in [0, 0.05) is 25.2 Å². The van der Waals surface area contributed by atoms with E-state index in [-0.39, 0.29) is 18.5 Å². The fourth-order valence-electron chi connectivity index (χ4n) is 3.15. The molecule has 0 saturated heterocycles. The van der Waals surface area contributed by atoms with Gasteiger partial charge in [0.15, 0.2) is 17.3 Å². The lowest BCUT2D eigenvalue weighted by Gasteiger charge is -2.17. The summed E-state index contributed by atoms with van der Waals surface area (Å²) in [6, 6.07) is 9.06. The number of allylic oxidation sites excluding steroid dienone is 1. The third-order valence-corrected chi connectivity index (χ3v) is 4.66. The third kappa shape index (κ3) is 3.76. The van der Waals surface area contributed by atoms with Gasteiger partial charge in [-0.25, -0.2) is 0 Å². The Morgan fingerprint density at radius 1 is 1.21 bits per heavy atom. The van der Waals surface area contributed by atoms with E-state index in [0.717, 1.165) is 11.3 Å². The number of anilines is 2. The van der Waals surface area contributed by atoms with Crippen LogP contribution in [-0.2, 0) is 0 Å². The average molecular weight is 382 g/mol. The van der Waals surface area contributed by atoms with Crippen molar-refractivity contribution in [3.63, 3.8) is 0 Å². The highest BCUT2D eigenvalue weighted by molar-refractivity contribution is 6.12. The minimum absolute atomic E-state index is 0.0317. The van der Waals surface area contributed by atoms with Gasteiger partial charge in [0.25, 0.3) is 0 Å². The lowest BCUT2D eigenvalue weighted by Crippen LogP contribution is -2.14. The van der Waals surface area contributed by atoms with Crippen LogP contribution >= 0.6 is 0 Å².